The molecule has 1 aliphatic carbocycles. The third-order valence-electron chi connectivity index (χ3n) is 8.42. The average molecular weight is 443 g/mol. The van der Waals surface area contributed by atoms with E-state index in [2.05, 4.69) is 14.1 Å². The van der Waals surface area contributed by atoms with Crippen molar-refractivity contribution in [1.82, 2.24) is 0 Å². The summed E-state index contributed by atoms with van der Waals surface area (Å²) in [6, 6.07) is 9.89. The second-order valence-corrected chi connectivity index (χ2v) is 10.7. The van der Waals surface area contributed by atoms with E-state index in [1.807, 2.05) is 30.3 Å². The van der Waals surface area contributed by atoms with Crippen LogP contribution in [0.15, 0.2) is 30.3 Å². The summed E-state index contributed by atoms with van der Waals surface area (Å²) in [4.78, 5) is 26.3. The number of esters is 2. The quantitative estimate of drug-likeness (QED) is 0.280. The van der Waals surface area contributed by atoms with Crippen LogP contribution in [0.3, 0.4) is 0 Å². The molecule has 6 heteroatoms. The van der Waals surface area contributed by atoms with E-state index in [9.17, 15) is 9.59 Å². The minimum Gasteiger partial charge on any atom is -0.465 e. The molecule has 6 atom stereocenters. The van der Waals surface area contributed by atoms with Crippen LogP contribution in [0, 0.1) is 5.92 Å². The molecule has 174 valence electrons. The zero-order chi connectivity index (χ0) is 22.3. The molecule has 1 saturated carbocycles. The number of benzene rings is 1. The Hall–Kier alpha value is -1.92. The maximum Gasteiger partial charge on any atom is 0.325 e. The van der Waals surface area contributed by atoms with Gasteiger partial charge in [-0.15, -0.1) is 0 Å². The van der Waals surface area contributed by atoms with Gasteiger partial charge in [-0.2, -0.15) is 0 Å². The van der Waals surface area contributed by atoms with Crippen molar-refractivity contribution in [2.45, 2.75) is 87.7 Å². The smallest absolute Gasteiger partial charge is 0.325 e. The highest BCUT2D eigenvalue weighted by Gasteiger charge is 2.70. The van der Waals surface area contributed by atoms with Crippen LogP contribution in [0.4, 0.5) is 0 Å². The third-order valence-corrected chi connectivity index (χ3v) is 8.42. The molecule has 3 aliphatic heterocycles. The Labute approximate surface area is 190 Å². The van der Waals surface area contributed by atoms with Gasteiger partial charge in [-0.1, -0.05) is 62.4 Å². The second-order valence-electron chi connectivity index (χ2n) is 10.7. The van der Waals surface area contributed by atoms with Gasteiger partial charge >= 0.3 is 11.9 Å². The van der Waals surface area contributed by atoms with Crippen LogP contribution in [0.25, 0.3) is 0 Å². The van der Waals surface area contributed by atoms with Gasteiger partial charge in [-0.3, -0.25) is 9.59 Å². The number of morpholine rings is 1. The van der Waals surface area contributed by atoms with E-state index < -0.39 is 17.9 Å². The summed E-state index contributed by atoms with van der Waals surface area (Å²) in [5, 5.41) is 0. The Morgan fingerprint density at radius 2 is 1.66 bits per heavy atom. The molecule has 2 bridgehead atoms. The molecule has 0 aromatic heterocycles. The highest BCUT2D eigenvalue weighted by molar-refractivity contribution is 6.00. The topological polar surface area (TPSA) is 65.1 Å². The summed E-state index contributed by atoms with van der Waals surface area (Å²) in [5.74, 6) is -1.36. The van der Waals surface area contributed by atoms with Crippen molar-refractivity contribution in [2.75, 3.05) is 20.7 Å². The molecule has 1 aromatic rings. The molecular weight excluding hydrogens is 406 g/mol. The van der Waals surface area contributed by atoms with Gasteiger partial charge in [-0.05, 0) is 17.9 Å². The molecule has 3 heterocycles. The van der Waals surface area contributed by atoms with Gasteiger partial charge in [0.05, 0.1) is 20.7 Å². The predicted molar refractivity (Wildman–Crippen MR) is 119 cm³/mol. The van der Waals surface area contributed by atoms with Crippen LogP contribution in [0.5, 0.6) is 0 Å². The summed E-state index contributed by atoms with van der Waals surface area (Å²) in [5.41, 5.74) is 0.640. The molecule has 3 saturated heterocycles. The van der Waals surface area contributed by atoms with Gasteiger partial charge in [0.15, 0.2) is 5.92 Å². The fourth-order valence-electron chi connectivity index (χ4n) is 6.43. The minimum absolute atomic E-state index is 0.165. The van der Waals surface area contributed by atoms with Crippen molar-refractivity contribution in [3.05, 3.63) is 35.9 Å². The lowest BCUT2D eigenvalue weighted by Gasteiger charge is -2.45. The number of carbonyl (C=O) groups is 2. The SMILES string of the molecule is C[N+]1(C)[C@@H]2CC(OC(=O)[C@H](C(=O)OCCC3CCCCC3)c3ccccc3)C[C@H]1[C@@H]1O[C@@H]12. The first-order chi connectivity index (χ1) is 15.4. The number of rotatable bonds is 7. The van der Waals surface area contributed by atoms with Crippen LogP contribution in [0.2, 0.25) is 0 Å². The molecule has 4 fully saturated rings. The first kappa shape index (κ1) is 21.9. The van der Waals surface area contributed by atoms with E-state index in [4.69, 9.17) is 14.2 Å². The van der Waals surface area contributed by atoms with Crippen LogP contribution in [0.1, 0.15) is 62.8 Å². The molecule has 0 N–H and O–H groups in total. The van der Waals surface area contributed by atoms with Crippen molar-refractivity contribution in [2.24, 2.45) is 5.92 Å². The highest BCUT2D eigenvalue weighted by Crippen LogP contribution is 2.51. The molecule has 0 radical (unpaired) electrons. The van der Waals surface area contributed by atoms with Crippen molar-refractivity contribution < 1.29 is 28.3 Å². The summed E-state index contributed by atoms with van der Waals surface area (Å²) in [7, 11) is 4.50. The van der Waals surface area contributed by atoms with Gasteiger partial charge in [0.1, 0.15) is 30.4 Å². The Bertz CT molecular complexity index is 814. The zero-order valence-electron chi connectivity index (χ0n) is 19.3. The number of likely N-dealkylation sites (N-methyl/N-ethyl adjacent to an activating group) is 1. The summed E-state index contributed by atoms with van der Waals surface area (Å²) in [6.07, 6.45) is 9.16. The standard InChI is InChI=1S/C26H36NO5/c1-27(2)20-15-19(16-21(27)24-23(20)32-24)31-26(29)22(18-11-7-4-8-12-18)25(28)30-14-13-17-9-5-3-6-10-17/h4,7-8,11-12,17,19-24H,3,5-6,9-10,13-16H2,1-2H3/q+1/t19?,20-,21+,22-,23-,24+/m0/s1. The monoisotopic (exact) mass is 442 g/mol. The normalized spacial score (nSPS) is 33.8. The number of fused-ring (bicyclic) bond motifs is 5. The lowest BCUT2D eigenvalue weighted by molar-refractivity contribution is -0.938. The van der Waals surface area contributed by atoms with E-state index in [1.54, 1.807) is 0 Å². The Morgan fingerprint density at radius 1 is 1.00 bits per heavy atom. The number of carbonyl (C=O) groups excluding carboxylic acids is 2. The van der Waals surface area contributed by atoms with Gasteiger partial charge in [-0.25, -0.2) is 0 Å². The van der Waals surface area contributed by atoms with Crippen molar-refractivity contribution in [1.29, 1.82) is 0 Å². The predicted octanol–water partition coefficient (Wildman–Crippen LogP) is 3.58. The van der Waals surface area contributed by atoms with Gasteiger partial charge in [0.2, 0.25) is 0 Å². The van der Waals surface area contributed by atoms with Gasteiger partial charge in [0.25, 0.3) is 0 Å². The fraction of sp³-hybridized carbons (Fsp3) is 0.692. The maximum absolute atomic E-state index is 13.2. The van der Waals surface area contributed by atoms with Gasteiger partial charge < -0.3 is 18.7 Å². The average Bonchev–Trinajstić information content (AvgIpc) is 3.54. The Morgan fingerprint density at radius 3 is 2.31 bits per heavy atom. The van der Waals surface area contributed by atoms with Crippen LogP contribution in [-0.4, -0.2) is 67.5 Å². The number of epoxide rings is 1. The highest BCUT2D eigenvalue weighted by atomic mass is 16.6. The molecular formula is C26H36NO5+. The number of quaternary nitrogens is 1. The molecule has 4 aliphatic rings. The lowest BCUT2D eigenvalue weighted by Crippen LogP contribution is -2.60. The van der Waals surface area contributed by atoms with E-state index in [1.165, 1.54) is 32.1 Å². The van der Waals surface area contributed by atoms with Crippen molar-refractivity contribution in [3.63, 3.8) is 0 Å². The molecule has 5 rings (SSSR count). The first-order valence-corrected chi connectivity index (χ1v) is 12.4. The van der Waals surface area contributed by atoms with Crippen LogP contribution < -0.4 is 0 Å². The molecule has 32 heavy (non-hydrogen) atoms. The summed E-state index contributed by atoms with van der Waals surface area (Å²) >= 11 is 0. The lowest BCUT2D eigenvalue weighted by atomic mass is 9.87. The van der Waals surface area contributed by atoms with Crippen molar-refractivity contribution in [3.8, 4) is 0 Å². The van der Waals surface area contributed by atoms with Gasteiger partial charge in [0, 0.05) is 12.8 Å². The maximum atomic E-state index is 13.2. The number of piperidine rings is 1. The molecule has 1 unspecified atom stereocenters. The minimum atomic E-state index is -1.02. The first-order valence-electron chi connectivity index (χ1n) is 12.4. The zero-order valence-corrected chi connectivity index (χ0v) is 19.3. The number of ether oxygens (including phenoxy) is 3. The van der Waals surface area contributed by atoms with E-state index >= 15 is 0 Å². The largest absolute Gasteiger partial charge is 0.465 e. The van der Waals surface area contributed by atoms with Crippen LogP contribution >= 0.6 is 0 Å². The van der Waals surface area contributed by atoms with E-state index in [0.717, 1.165) is 23.7 Å². The molecule has 0 spiro atoms. The number of hydrogen-bond donors (Lipinski definition) is 0. The molecule has 0 amide bonds. The summed E-state index contributed by atoms with van der Waals surface area (Å²) in [6.45, 7) is 0.375. The Kier molecular flexibility index (Phi) is 6.01. The second kappa shape index (κ2) is 8.79. The fourth-order valence-corrected chi connectivity index (χ4v) is 6.43. The van der Waals surface area contributed by atoms with E-state index in [0.29, 0.717) is 42.4 Å². The van der Waals surface area contributed by atoms with Crippen molar-refractivity contribution >= 4 is 11.9 Å². The molecule has 6 nitrogen and oxygen atoms in total. The van der Waals surface area contributed by atoms with E-state index in [-0.39, 0.29) is 6.10 Å². The summed E-state index contributed by atoms with van der Waals surface area (Å²) < 4.78 is 18.4. The Balaban J connectivity index is 1.22. The third kappa shape index (κ3) is 4.19. The molecule has 1 aromatic carbocycles. The van der Waals surface area contributed by atoms with Crippen LogP contribution in [-0.2, 0) is 23.8 Å². The number of nitrogens with zero attached hydrogens (tertiary/aromatic N) is 1. The number of hydrogen-bond acceptors (Lipinski definition) is 5.